The van der Waals surface area contributed by atoms with E-state index in [2.05, 4.69) is 15.3 Å². The van der Waals surface area contributed by atoms with Gasteiger partial charge in [0.15, 0.2) is 0 Å². The van der Waals surface area contributed by atoms with E-state index in [-0.39, 0.29) is 12.0 Å². The summed E-state index contributed by atoms with van der Waals surface area (Å²) in [4.78, 5) is 21.5. The molecular weight excluding hydrogens is 362 g/mol. The summed E-state index contributed by atoms with van der Waals surface area (Å²) in [7, 11) is 0. The third-order valence-electron chi connectivity index (χ3n) is 4.48. The van der Waals surface area contributed by atoms with Gasteiger partial charge in [0, 0.05) is 35.1 Å². The highest BCUT2D eigenvalue weighted by Gasteiger charge is 2.12. The molecule has 0 saturated heterocycles. The van der Waals surface area contributed by atoms with Crippen LogP contribution in [-0.4, -0.2) is 22.0 Å². The number of ether oxygens (including phenoxy) is 1. The molecule has 5 nitrogen and oxygen atoms in total. The molecule has 0 aliphatic heterocycles. The van der Waals surface area contributed by atoms with Gasteiger partial charge in [0.25, 0.3) is 5.91 Å². The number of benzene rings is 2. The fraction of sp³-hybridized carbons (Fsp3) is 0.125. The number of fused-ring (bicyclic) bond motifs is 1. The highest BCUT2D eigenvalue weighted by molar-refractivity contribution is 6.10. The first kappa shape index (κ1) is 18.6. The van der Waals surface area contributed by atoms with Crippen molar-refractivity contribution in [1.82, 2.24) is 9.97 Å². The van der Waals surface area contributed by atoms with Gasteiger partial charge in [-0.3, -0.25) is 14.8 Å². The highest BCUT2D eigenvalue weighted by Crippen LogP contribution is 2.30. The molecule has 0 fully saturated rings. The van der Waals surface area contributed by atoms with Crippen molar-refractivity contribution in [1.29, 1.82) is 0 Å². The number of para-hydroxylation sites is 1. The molecule has 0 bridgehead atoms. The lowest BCUT2D eigenvalue weighted by Gasteiger charge is -2.12. The van der Waals surface area contributed by atoms with Crippen LogP contribution in [0.3, 0.4) is 0 Å². The van der Waals surface area contributed by atoms with Crippen LogP contribution in [-0.2, 0) is 0 Å². The van der Waals surface area contributed by atoms with Crippen LogP contribution in [0.4, 0.5) is 5.69 Å². The molecule has 4 rings (SSSR count). The fourth-order valence-corrected chi connectivity index (χ4v) is 3.20. The Balaban J connectivity index is 1.64. The molecule has 0 atom stereocenters. The van der Waals surface area contributed by atoms with E-state index >= 15 is 0 Å². The van der Waals surface area contributed by atoms with E-state index < -0.39 is 0 Å². The van der Waals surface area contributed by atoms with Crippen LogP contribution in [0.15, 0.2) is 79.3 Å². The zero-order chi connectivity index (χ0) is 20.2. The molecular formula is C24H21N3O2. The summed E-state index contributed by atoms with van der Waals surface area (Å²) in [5, 5.41) is 3.94. The fourth-order valence-electron chi connectivity index (χ4n) is 3.20. The lowest BCUT2D eigenvalue weighted by atomic mass is 10.0. The topological polar surface area (TPSA) is 64.1 Å². The van der Waals surface area contributed by atoms with Crippen molar-refractivity contribution >= 4 is 22.5 Å². The lowest BCUT2D eigenvalue weighted by molar-refractivity contribution is 0.102. The molecule has 0 aliphatic carbocycles. The summed E-state index contributed by atoms with van der Waals surface area (Å²) >= 11 is 0. The van der Waals surface area contributed by atoms with E-state index in [1.807, 2.05) is 56.4 Å². The van der Waals surface area contributed by atoms with Gasteiger partial charge in [0.05, 0.1) is 17.3 Å². The van der Waals surface area contributed by atoms with Crippen LogP contribution < -0.4 is 10.1 Å². The average molecular weight is 383 g/mol. The number of amides is 1. The van der Waals surface area contributed by atoms with E-state index in [1.54, 1.807) is 36.7 Å². The van der Waals surface area contributed by atoms with Gasteiger partial charge < -0.3 is 10.1 Å². The number of hydrogen-bond donors (Lipinski definition) is 1. The van der Waals surface area contributed by atoms with Gasteiger partial charge in [0.2, 0.25) is 0 Å². The molecule has 0 aliphatic rings. The van der Waals surface area contributed by atoms with Gasteiger partial charge in [0.1, 0.15) is 5.75 Å². The van der Waals surface area contributed by atoms with Crippen LogP contribution in [0, 0.1) is 0 Å². The maximum Gasteiger partial charge on any atom is 0.255 e. The molecule has 0 unspecified atom stereocenters. The Morgan fingerprint density at radius 3 is 2.52 bits per heavy atom. The first-order valence-corrected chi connectivity index (χ1v) is 9.48. The first-order valence-electron chi connectivity index (χ1n) is 9.48. The summed E-state index contributed by atoms with van der Waals surface area (Å²) in [5.74, 6) is 0.548. The molecule has 144 valence electrons. The number of nitrogens with zero attached hydrogens (tertiary/aromatic N) is 2. The van der Waals surface area contributed by atoms with Gasteiger partial charge in [-0.05, 0) is 61.9 Å². The van der Waals surface area contributed by atoms with E-state index in [0.29, 0.717) is 11.3 Å². The second-order valence-corrected chi connectivity index (χ2v) is 6.95. The third kappa shape index (κ3) is 4.09. The highest BCUT2D eigenvalue weighted by atomic mass is 16.5. The third-order valence-corrected chi connectivity index (χ3v) is 4.48. The smallest absolute Gasteiger partial charge is 0.255 e. The van der Waals surface area contributed by atoms with Crippen molar-refractivity contribution in [2.75, 3.05) is 5.32 Å². The van der Waals surface area contributed by atoms with Gasteiger partial charge in [-0.2, -0.15) is 0 Å². The number of carbonyl (C=O) groups is 1. The minimum Gasteiger partial charge on any atom is -0.491 e. The number of nitrogens with one attached hydrogen (secondary N) is 1. The summed E-state index contributed by atoms with van der Waals surface area (Å²) < 4.78 is 5.63. The predicted octanol–water partition coefficient (Wildman–Crippen LogP) is 5.34. The van der Waals surface area contributed by atoms with Crippen molar-refractivity contribution in [3.63, 3.8) is 0 Å². The SMILES string of the molecule is CC(C)Oc1ccc(C(=O)Nc2cccc3c(-c4cccnc4)ccnc23)cc1. The van der Waals surface area contributed by atoms with Gasteiger partial charge in [-0.25, -0.2) is 0 Å². The second-order valence-electron chi connectivity index (χ2n) is 6.95. The summed E-state index contributed by atoms with van der Waals surface area (Å²) in [6.07, 6.45) is 5.40. The summed E-state index contributed by atoms with van der Waals surface area (Å²) in [5.41, 5.74) is 3.99. The largest absolute Gasteiger partial charge is 0.491 e. The van der Waals surface area contributed by atoms with Crippen molar-refractivity contribution in [2.45, 2.75) is 20.0 Å². The zero-order valence-electron chi connectivity index (χ0n) is 16.3. The number of pyridine rings is 2. The molecule has 4 aromatic rings. The van der Waals surface area contributed by atoms with Crippen LogP contribution in [0.2, 0.25) is 0 Å². The monoisotopic (exact) mass is 383 g/mol. The zero-order valence-corrected chi connectivity index (χ0v) is 16.3. The van der Waals surface area contributed by atoms with Crippen molar-refractivity contribution < 1.29 is 9.53 Å². The van der Waals surface area contributed by atoms with E-state index in [1.165, 1.54) is 0 Å². The number of aromatic nitrogens is 2. The molecule has 0 spiro atoms. The van der Waals surface area contributed by atoms with Crippen LogP contribution in [0.5, 0.6) is 5.75 Å². The Morgan fingerprint density at radius 1 is 0.966 bits per heavy atom. The number of anilines is 1. The normalized spacial score (nSPS) is 10.9. The van der Waals surface area contributed by atoms with Crippen LogP contribution in [0.1, 0.15) is 24.2 Å². The molecule has 0 saturated carbocycles. The second kappa shape index (κ2) is 8.10. The maximum atomic E-state index is 12.8. The Bertz CT molecular complexity index is 1140. The Hall–Kier alpha value is -3.73. The molecule has 2 aromatic carbocycles. The van der Waals surface area contributed by atoms with Crippen molar-refractivity contribution in [2.24, 2.45) is 0 Å². The minimum atomic E-state index is -0.192. The summed E-state index contributed by atoms with van der Waals surface area (Å²) in [6.45, 7) is 3.93. The van der Waals surface area contributed by atoms with Gasteiger partial charge >= 0.3 is 0 Å². The Labute approximate surface area is 169 Å². The molecule has 1 N–H and O–H groups in total. The quantitative estimate of drug-likeness (QED) is 0.505. The molecule has 5 heteroatoms. The first-order chi connectivity index (χ1) is 14.1. The van der Waals surface area contributed by atoms with E-state index in [0.717, 1.165) is 27.8 Å². The van der Waals surface area contributed by atoms with E-state index in [4.69, 9.17) is 4.74 Å². The van der Waals surface area contributed by atoms with Crippen LogP contribution >= 0.6 is 0 Å². The van der Waals surface area contributed by atoms with Crippen LogP contribution in [0.25, 0.3) is 22.0 Å². The number of carbonyl (C=O) groups excluding carboxylic acids is 1. The minimum absolute atomic E-state index is 0.0884. The Morgan fingerprint density at radius 2 is 1.79 bits per heavy atom. The molecule has 0 radical (unpaired) electrons. The van der Waals surface area contributed by atoms with Gasteiger partial charge in [-0.15, -0.1) is 0 Å². The number of hydrogen-bond acceptors (Lipinski definition) is 4. The predicted molar refractivity (Wildman–Crippen MR) is 115 cm³/mol. The lowest BCUT2D eigenvalue weighted by Crippen LogP contribution is -2.12. The Kier molecular flexibility index (Phi) is 5.20. The summed E-state index contributed by atoms with van der Waals surface area (Å²) in [6, 6.07) is 18.8. The maximum absolute atomic E-state index is 12.8. The molecule has 1 amide bonds. The average Bonchev–Trinajstić information content (AvgIpc) is 2.74. The van der Waals surface area contributed by atoms with Gasteiger partial charge in [-0.1, -0.05) is 18.2 Å². The van der Waals surface area contributed by atoms with Crippen molar-refractivity contribution in [3.8, 4) is 16.9 Å². The number of rotatable bonds is 5. The molecule has 2 heterocycles. The standard InChI is InChI=1S/C24H21N3O2/c1-16(2)29-19-10-8-17(9-11-19)24(28)27-22-7-3-6-21-20(12-14-26-23(21)22)18-5-4-13-25-15-18/h3-16H,1-2H3,(H,27,28). The van der Waals surface area contributed by atoms with E-state index in [9.17, 15) is 4.79 Å². The molecule has 2 aromatic heterocycles. The molecule has 29 heavy (non-hydrogen) atoms. The van der Waals surface area contributed by atoms with Crippen molar-refractivity contribution in [3.05, 3.63) is 84.8 Å².